The molecule has 6 nitrogen and oxygen atoms in total. The van der Waals surface area contributed by atoms with Gasteiger partial charge in [-0.2, -0.15) is 0 Å². The Morgan fingerprint density at radius 2 is 1.92 bits per heavy atom. The second-order valence-electron chi connectivity index (χ2n) is 6.46. The summed E-state index contributed by atoms with van der Waals surface area (Å²) >= 11 is 0. The number of hydrogen-bond donors (Lipinski definition) is 1. The largest absolute Gasteiger partial charge is 0.351 e. The molecule has 1 aliphatic carbocycles. The maximum atomic E-state index is 12.3. The zero-order valence-electron chi connectivity index (χ0n) is 13.7. The Balaban J connectivity index is 1.65. The second kappa shape index (κ2) is 6.48. The van der Waals surface area contributed by atoms with Gasteiger partial charge in [0.25, 0.3) is 5.91 Å². The van der Waals surface area contributed by atoms with Gasteiger partial charge in [-0.15, -0.1) is 0 Å². The number of carbonyl (C=O) groups excluding carboxylic acids is 1. The summed E-state index contributed by atoms with van der Waals surface area (Å²) in [5, 5.41) is 2.86. The quantitative estimate of drug-likeness (QED) is 0.846. The number of nitrogens with one attached hydrogen (secondary N) is 1. The number of benzene rings is 1. The molecule has 0 spiro atoms. The SMILES string of the molecule is CS(=O)C1(CNC(=O)c2ccc(N3CCCS3(=O)=O)cc2)CCC1. The third-order valence-electron chi connectivity index (χ3n) is 4.96. The molecular formula is C16H22N2O4S2. The van der Waals surface area contributed by atoms with Crippen molar-refractivity contribution in [1.29, 1.82) is 0 Å². The van der Waals surface area contributed by atoms with Crippen LogP contribution in [0, 0.1) is 0 Å². The van der Waals surface area contributed by atoms with Crippen LogP contribution in [0.2, 0.25) is 0 Å². The number of rotatable bonds is 5. The Bertz CT molecular complexity index is 755. The standard InChI is InChI=1S/C16H22N2O4S2/c1-23(20)16(8-2-9-16)12-17-15(19)13-4-6-14(7-5-13)18-10-3-11-24(18,21)22/h4-7H,2-3,8-12H2,1H3,(H,17,19). The molecule has 0 aromatic heterocycles. The third-order valence-corrected chi connectivity index (χ3v) is 8.60. The van der Waals surface area contributed by atoms with Crippen molar-refractivity contribution in [3.8, 4) is 0 Å². The average Bonchev–Trinajstić information content (AvgIpc) is 2.85. The zero-order chi connectivity index (χ0) is 17.4. The molecule has 1 N–H and O–H groups in total. The molecule has 1 saturated heterocycles. The van der Waals surface area contributed by atoms with Crippen LogP contribution >= 0.6 is 0 Å². The Labute approximate surface area is 145 Å². The van der Waals surface area contributed by atoms with Crippen LogP contribution in [0.1, 0.15) is 36.0 Å². The van der Waals surface area contributed by atoms with Crippen molar-refractivity contribution in [2.24, 2.45) is 0 Å². The Morgan fingerprint density at radius 3 is 2.38 bits per heavy atom. The fourth-order valence-corrected chi connectivity index (χ4v) is 5.89. The minimum atomic E-state index is -3.21. The van der Waals surface area contributed by atoms with Gasteiger partial charge in [-0.05, 0) is 43.5 Å². The molecule has 1 aromatic carbocycles. The molecule has 1 amide bonds. The fourth-order valence-electron chi connectivity index (χ4n) is 3.19. The number of nitrogens with zero attached hydrogens (tertiary/aromatic N) is 1. The average molecular weight is 370 g/mol. The number of hydrogen-bond acceptors (Lipinski definition) is 4. The number of amides is 1. The lowest BCUT2D eigenvalue weighted by atomic mass is 9.84. The highest BCUT2D eigenvalue weighted by Gasteiger charge is 2.41. The van der Waals surface area contributed by atoms with Crippen molar-refractivity contribution in [1.82, 2.24) is 5.32 Å². The summed E-state index contributed by atoms with van der Waals surface area (Å²) < 4.78 is 36.8. The third kappa shape index (κ3) is 3.21. The maximum absolute atomic E-state index is 12.3. The molecule has 0 radical (unpaired) electrons. The van der Waals surface area contributed by atoms with Gasteiger partial charge >= 0.3 is 0 Å². The molecule has 8 heteroatoms. The van der Waals surface area contributed by atoms with Gasteiger partial charge in [0.05, 0.1) is 16.2 Å². The summed E-state index contributed by atoms with van der Waals surface area (Å²) in [6.45, 7) is 0.899. The van der Waals surface area contributed by atoms with Crippen LogP contribution in [-0.4, -0.2) is 48.4 Å². The Hall–Kier alpha value is -1.41. The molecule has 1 atom stereocenters. The van der Waals surface area contributed by atoms with E-state index < -0.39 is 20.8 Å². The van der Waals surface area contributed by atoms with Crippen molar-refractivity contribution in [3.63, 3.8) is 0 Å². The van der Waals surface area contributed by atoms with E-state index in [-0.39, 0.29) is 16.4 Å². The first-order valence-electron chi connectivity index (χ1n) is 8.06. The second-order valence-corrected chi connectivity index (χ2v) is 10.2. The van der Waals surface area contributed by atoms with Crippen LogP contribution in [0.4, 0.5) is 5.69 Å². The highest BCUT2D eigenvalue weighted by Crippen LogP contribution is 2.36. The van der Waals surface area contributed by atoms with Gasteiger partial charge in [0.15, 0.2) is 0 Å². The van der Waals surface area contributed by atoms with Gasteiger partial charge in [0.1, 0.15) is 0 Å². The van der Waals surface area contributed by atoms with Crippen LogP contribution in [0.5, 0.6) is 0 Å². The molecule has 1 aromatic rings. The topological polar surface area (TPSA) is 83.6 Å². The van der Waals surface area contributed by atoms with Crippen LogP contribution in [0.25, 0.3) is 0 Å². The summed E-state index contributed by atoms with van der Waals surface area (Å²) in [5.41, 5.74) is 1.07. The predicted molar refractivity (Wildman–Crippen MR) is 95.2 cm³/mol. The predicted octanol–water partition coefficient (Wildman–Crippen LogP) is 1.26. The van der Waals surface area contributed by atoms with Crippen molar-refractivity contribution >= 4 is 32.4 Å². The first kappa shape index (κ1) is 17.4. The maximum Gasteiger partial charge on any atom is 0.251 e. The van der Waals surface area contributed by atoms with Crippen LogP contribution in [-0.2, 0) is 20.8 Å². The van der Waals surface area contributed by atoms with Gasteiger partial charge in [-0.25, -0.2) is 8.42 Å². The Morgan fingerprint density at radius 1 is 1.25 bits per heavy atom. The molecule has 1 saturated carbocycles. The van der Waals surface area contributed by atoms with Gasteiger partial charge < -0.3 is 5.32 Å². The van der Waals surface area contributed by atoms with Gasteiger partial charge in [0.2, 0.25) is 10.0 Å². The lowest BCUT2D eigenvalue weighted by Gasteiger charge is -2.39. The van der Waals surface area contributed by atoms with Crippen LogP contribution in [0.15, 0.2) is 24.3 Å². The monoisotopic (exact) mass is 370 g/mol. The normalized spacial score (nSPS) is 22.6. The zero-order valence-corrected chi connectivity index (χ0v) is 15.3. The molecule has 2 aliphatic rings. The van der Waals surface area contributed by atoms with Gasteiger partial charge in [-0.1, -0.05) is 6.42 Å². The lowest BCUT2D eigenvalue weighted by molar-refractivity contribution is 0.0943. The molecule has 24 heavy (non-hydrogen) atoms. The Kier molecular flexibility index (Phi) is 4.70. The number of sulfonamides is 1. The van der Waals surface area contributed by atoms with E-state index in [1.54, 1.807) is 30.5 Å². The molecule has 1 unspecified atom stereocenters. The van der Waals surface area contributed by atoms with Gasteiger partial charge in [0, 0.05) is 35.7 Å². The minimum absolute atomic E-state index is 0.172. The summed E-state index contributed by atoms with van der Waals surface area (Å²) in [4.78, 5) is 12.3. The van der Waals surface area contributed by atoms with E-state index >= 15 is 0 Å². The van der Waals surface area contributed by atoms with Crippen LogP contribution in [0.3, 0.4) is 0 Å². The molecule has 132 valence electrons. The summed E-state index contributed by atoms with van der Waals surface area (Å²) in [5.74, 6) is -0.0478. The number of anilines is 1. The van der Waals surface area contributed by atoms with Crippen molar-refractivity contribution in [2.75, 3.05) is 29.4 Å². The van der Waals surface area contributed by atoms with E-state index in [4.69, 9.17) is 0 Å². The van der Waals surface area contributed by atoms with Gasteiger partial charge in [-0.3, -0.25) is 13.3 Å². The summed E-state index contributed by atoms with van der Waals surface area (Å²) in [7, 11) is -4.17. The molecule has 1 heterocycles. The van der Waals surface area contributed by atoms with Crippen molar-refractivity contribution < 1.29 is 17.4 Å². The van der Waals surface area contributed by atoms with E-state index in [1.165, 1.54) is 4.31 Å². The number of carbonyl (C=O) groups is 1. The first-order valence-corrected chi connectivity index (χ1v) is 11.2. The highest BCUT2D eigenvalue weighted by molar-refractivity contribution is 7.93. The fraction of sp³-hybridized carbons (Fsp3) is 0.562. The summed E-state index contributed by atoms with van der Waals surface area (Å²) in [6, 6.07) is 6.59. The minimum Gasteiger partial charge on any atom is -0.351 e. The molecule has 1 aliphatic heterocycles. The first-order chi connectivity index (χ1) is 11.3. The molecule has 0 bridgehead atoms. The van der Waals surface area contributed by atoms with Crippen molar-refractivity contribution in [2.45, 2.75) is 30.4 Å². The van der Waals surface area contributed by atoms with E-state index in [2.05, 4.69) is 5.32 Å². The van der Waals surface area contributed by atoms with E-state index in [0.29, 0.717) is 30.8 Å². The molecule has 2 fully saturated rings. The van der Waals surface area contributed by atoms with E-state index in [1.807, 2.05) is 0 Å². The van der Waals surface area contributed by atoms with Crippen LogP contribution < -0.4 is 9.62 Å². The molecular weight excluding hydrogens is 348 g/mol. The highest BCUT2D eigenvalue weighted by atomic mass is 32.2. The lowest BCUT2D eigenvalue weighted by Crippen LogP contribution is -2.50. The summed E-state index contributed by atoms with van der Waals surface area (Å²) in [6.07, 6.45) is 5.12. The van der Waals surface area contributed by atoms with Crippen molar-refractivity contribution in [3.05, 3.63) is 29.8 Å². The van der Waals surface area contributed by atoms with E-state index in [0.717, 1.165) is 19.3 Å². The smallest absolute Gasteiger partial charge is 0.251 e. The molecule has 3 rings (SSSR count). The van der Waals surface area contributed by atoms with E-state index in [9.17, 15) is 17.4 Å².